The number of nitrogens with one attached hydrogen (secondary N) is 1. The van der Waals surface area contributed by atoms with Gasteiger partial charge in [-0.2, -0.15) is 5.10 Å². The maximum absolute atomic E-state index is 11.1. The molecule has 1 aromatic heterocycles. The fourth-order valence-electron chi connectivity index (χ4n) is 0.789. The lowest BCUT2D eigenvalue weighted by molar-refractivity contribution is -0.141. The molecule has 0 saturated heterocycles. The predicted molar refractivity (Wildman–Crippen MR) is 74.8 cm³/mol. The minimum atomic E-state index is -0.735. The summed E-state index contributed by atoms with van der Waals surface area (Å²) in [7, 11) is 0. The number of esters is 1. The van der Waals surface area contributed by atoms with Crippen LogP contribution in [0.25, 0.3) is 0 Å². The smallest absolute Gasteiger partial charge is 0.333 e. The van der Waals surface area contributed by atoms with Crippen LogP contribution in [0, 0.1) is 3.95 Å². The number of nitrogens with zero attached hydrogens (tertiary/aromatic N) is 1. The van der Waals surface area contributed by atoms with Crippen molar-refractivity contribution in [2.45, 2.75) is 17.4 Å². The van der Waals surface area contributed by atoms with Crippen LogP contribution >= 0.6 is 35.3 Å². The summed E-state index contributed by atoms with van der Waals surface area (Å²) < 4.78 is 6.16. The Morgan fingerprint density at radius 3 is 2.94 bits per heavy atom. The van der Waals surface area contributed by atoms with Crippen LogP contribution in [0.4, 0.5) is 0 Å². The molecule has 102 valence electrons. The second-order valence-corrected chi connectivity index (χ2v) is 6.16. The van der Waals surface area contributed by atoms with Crippen molar-refractivity contribution < 1.29 is 14.6 Å². The lowest BCUT2D eigenvalue weighted by atomic mass is 10.3. The van der Waals surface area contributed by atoms with Gasteiger partial charge in [-0.1, -0.05) is 29.7 Å². The number of hydrogen-bond donors (Lipinski definition) is 3. The molecule has 5 N–H and O–H groups in total. The zero-order valence-corrected chi connectivity index (χ0v) is 12.3. The molecule has 18 heavy (non-hydrogen) atoms. The third-order valence-electron chi connectivity index (χ3n) is 1.57. The van der Waals surface area contributed by atoms with Crippen molar-refractivity contribution in [2.24, 2.45) is 0 Å². The van der Waals surface area contributed by atoms with Gasteiger partial charge < -0.3 is 16.0 Å². The minimum absolute atomic E-state index is 0. The van der Waals surface area contributed by atoms with Crippen LogP contribution in [0.1, 0.15) is 6.92 Å². The van der Waals surface area contributed by atoms with Crippen molar-refractivity contribution in [3.63, 3.8) is 0 Å². The quantitative estimate of drug-likeness (QED) is 0.319. The van der Waals surface area contributed by atoms with Crippen LogP contribution in [-0.4, -0.2) is 39.7 Å². The van der Waals surface area contributed by atoms with E-state index in [1.165, 1.54) is 23.1 Å². The number of thioether (sulfide) groups is 1. The molecule has 0 spiro atoms. The summed E-state index contributed by atoms with van der Waals surface area (Å²) >= 11 is 7.56. The molecule has 1 aromatic rings. The Hall–Kier alpha value is -0.740. The molecule has 1 unspecified atom stereocenters. The third-order valence-corrected chi connectivity index (χ3v) is 3.95. The molecule has 0 aliphatic heterocycles. The van der Waals surface area contributed by atoms with Crippen LogP contribution in [0.2, 0.25) is 0 Å². The summed E-state index contributed by atoms with van der Waals surface area (Å²) in [5.74, 6) is -0.107. The summed E-state index contributed by atoms with van der Waals surface area (Å²) in [6, 6.07) is 0. The van der Waals surface area contributed by atoms with E-state index in [0.29, 0.717) is 15.3 Å². The summed E-state index contributed by atoms with van der Waals surface area (Å²) in [6.07, 6.45) is -0.735. The van der Waals surface area contributed by atoms with Gasteiger partial charge in [0.15, 0.2) is 8.29 Å². The lowest BCUT2D eigenvalue weighted by Gasteiger charge is -2.09. The Kier molecular flexibility index (Phi) is 8.03. The van der Waals surface area contributed by atoms with Crippen molar-refractivity contribution in [1.82, 2.24) is 16.3 Å². The van der Waals surface area contributed by atoms with Gasteiger partial charge >= 0.3 is 5.97 Å². The molecule has 9 heteroatoms. The van der Waals surface area contributed by atoms with Gasteiger partial charge in [0, 0.05) is 11.3 Å². The van der Waals surface area contributed by atoms with Crippen molar-refractivity contribution in [2.75, 3.05) is 12.4 Å². The van der Waals surface area contributed by atoms with Gasteiger partial charge in [-0.25, -0.2) is 4.79 Å². The van der Waals surface area contributed by atoms with E-state index in [2.05, 4.69) is 16.8 Å². The van der Waals surface area contributed by atoms with Crippen molar-refractivity contribution >= 4 is 41.3 Å². The van der Waals surface area contributed by atoms with E-state index in [0.717, 1.165) is 4.34 Å². The van der Waals surface area contributed by atoms with E-state index in [1.54, 1.807) is 6.92 Å². The van der Waals surface area contributed by atoms with Crippen molar-refractivity contribution in [3.8, 4) is 0 Å². The number of aromatic amines is 1. The number of aliphatic hydroxyl groups excluding tert-OH is 1. The molecule has 0 radical (unpaired) electrons. The molecule has 0 amide bonds. The van der Waals surface area contributed by atoms with E-state index in [4.69, 9.17) is 17.0 Å². The highest BCUT2D eigenvalue weighted by Gasteiger charge is 2.10. The average Bonchev–Trinajstić information content (AvgIpc) is 2.69. The second kappa shape index (κ2) is 8.38. The van der Waals surface area contributed by atoms with Gasteiger partial charge in [-0.05, 0) is 19.1 Å². The average molecular weight is 309 g/mol. The van der Waals surface area contributed by atoms with Crippen molar-refractivity contribution in [3.05, 3.63) is 16.1 Å². The van der Waals surface area contributed by atoms with E-state index in [9.17, 15) is 9.90 Å². The number of carbonyl (C=O) groups is 1. The Bertz CT molecular complexity index is 457. The zero-order chi connectivity index (χ0) is 12.8. The first-order chi connectivity index (χ1) is 7.99. The summed E-state index contributed by atoms with van der Waals surface area (Å²) in [6.45, 7) is 4.95. The molecule has 0 aromatic carbocycles. The van der Waals surface area contributed by atoms with Crippen LogP contribution in [-0.2, 0) is 9.53 Å². The number of rotatable bonds is 6. The third kappa shape index (κ3) is 6.26. The fraction of sp³-hybridized carbons (Fsp3) is 0.444. The molecule has 0 saturated carbocycles. The largest absolute Gasteiger partial charge is 0.460 e. The topological polar surface area (TPSA) is 110 Å². The number of ether oxygens (including phenoxy) is 1. The second-order valence-electron chi connectivity index (χ2n) is 3.22. The number of H-pyrrole nitrogens is 1. The molecule has 6 nitrogen and oxygen atoms in total. The minimum Gasteiger partial charge on any atom is -0.460 e. The van der Waals surface area contributed by atoms with Gasteiger partial charge in [-0.15, -0.1) is 0 Å². The number of aliphatic hydroxyl groups is 1. The van der Waals surface area contributed by atoms with Gasteiger partial charge in [0.05, 0.1) is 6.10 Å². The number of carbonyl (C=O) groups excluding carboxylic acids is 1. The summed E-state index contributed by atoms with van der Waals surface area (Å²) in [5, 5.41) is 16.1. The number of hydrogen-bond acceptors (Lipinski definition) is 8. The first-order valence-electron chi connectivity index (χ1n) is 4.68. The molecule has 1 heterocycles. The molecule has 0 aliphatic rings. The first-order valence-corrected chi connectivity index (χ1v) is 6.89. The molecular weight excluding hydrogens is 294 g/mol. The molecule has 0 bridgehead atoms. The monoisotopic (exact) mass is 309 g/mol. The normalized spacial score (nSPS) is 11.4. The predicted octanol–water partition coefficient (Wildman–Crippen LogP) is 1.93. The fourth-order valence-corrected chi connectivity index (χ4v) is 2.80. The van der Waals surface area contributed by atoms with Crippen LogP contribution in [0.15, 0.2) is 16.5 Å². The highest BCUT2D eigenvalue weighted by Crippen LogP contribution is 2.20. The summed E-state index contributed by atoms with van der Waals surface area (Å²) in [5.41, 5.74) is 0.315. The van der Waals surface area contributed by atoms with Crippen LogP contribution in [0.3, 0.4) is 0 Å². The van der Waals surface area contributed by atoms with E-state index in [1.807, 2.05) is 0 Å². The molecular formula is C9H15N3O3S3. The molecule has 1 atom stereocenters. The zero-order valence-electron chi connectivity index (χ0n) is 9.84. The maximum Gasteiger partial charge on any atom is 0.333 e. The Balaban J connectivity index is 0.00000289. The Labute approximate surface area is 118 Å². The molecule has 0 aliphatic carbocycles. The molecule has 1 rings (SSSR count). The van der Waals surface area contributed by atoms with E-state index < -0.39 is 12.1 Å². The van der Waals surface area contributed by atoms with Gasteiger partial charge in [0.25, 0.3) is 0 Å². The summed E-state index contributed by atoms with van der Waals surface area (Å²) in [4.78, 5) is 11.1. The molecule has 0 fully saturated rings. The van der Waals surface area contributed by atoms with E-state index >= 15 is 0 Å². The maximum atomic E-state index is 11.1. The van der Waals surface area contributed by atoms with Crippen molar-refractivity contribution in [1.29, 1.82) is 0 Å². The first kappa shape index (κ1) is 17.3. The van der Waals surface area contributed by atoms with Crippen LogP contribution < -0.4 is 6.15 Å². The van der Waals surface area contributed by atoms with Crippen LogP contribution in [0.5, 0.6) is 0 Å². The highest BCUT2D eigenvalue weighted by atomic mass is 32.2. The lowest BCUT2D eigenvalue weighted by Crippen LogP contribution is -2.21. The van der Waals surface area contributed by atoms with Gasteiger partial charge in [0.2, 0.25) is 0 Å². The Morgan fingerprint density at radius 2 is 2.44 bits per heavy atom. The van der Waals surface area contributed by atoms with E-state index in [-0.39, 0.29) is 12.8 Å². The standard InChI is InChI=1S/C9H12N2O3S3.H3N/c1-5(2)7(13)14-3-6(12)4-16-9-11-10-8(15)17-9;/h6,12H,1,3-4H2,2H3,(H,10,15);1H3. The van der Waals surface area contributed by atoms with Gasteiger partial charge in [-0.3, -0.25) is 5.10 Å². The Morgan fingerprint density at radius 1 is 1.78 bits per heavy atom. The number of aromatic nitrogens is 2. The highest BCUT2D eigenvalue weighted by molar-refractivity contribution is 8.01. The SMILES string of the molecule is C=C(C)C(=O)OCC(O)CSc1n[nH]c(=S)s1.N. The van der Waals surface area contributed by atoms with Gasteiger partial charge in [0.1, 0.15) is 6.61 Å².